The van der Waals surface area contributed by atoms with E-state index in [0.29, 0.717) is 6.42 Å². The van der Waals surface area contributed by atoms with Gasteiger partial charge in [0.25, 0.3) is 0 Å². The van der Waals surface area contributed by atoms with Crippen molar-refractivity contribution in [2.24, 2.45) is 0 Å². The van der Waals surface area contributed by atoms with Crippen molar-refractivity contribution >= 4 is 5.91 Å². The van der Waals surface area contributed by atoms with Crippen molar-refractivity contribution in [2.75, 3.05) is 27.2 Å². The number of aliphatic hydroxyl groups is 1. The zero-order chi connectivity index (χ0) is 10.0. The minimum absolute atomic E-state index is 0.0724. The van der Waals surface area contributed by atoms with Crippen LogP contribution in [0.1, 0.15) is 13.3 Å². The molecule has 0 aromatic heterocycles. The van der Waals surface area contributed by atoms with E-state index >= 15 is 0 Å². The van der Waals surface area contributed by atoms with Crippen LogP contribution in [-0.4, -0.2) is 60.1 Å². The molecular weight excluding hydrogens is 168 g/mol. The van der Waals surface area contributed by atoms with Crippen molar-refractivity contribution in [2.45, 2.75) is 25.4 Å². The molecule has 0 aliphatic carbocycles. The van der Waals surface area contributed by atoms with Crippen molar-refractivity contribution < 1.29 is 9.90 Å². The largest absolute Gasteiger partial charge is 0.396 e. The molecule has 1 rings (SSSR count). The average molecular weight is 186 g/mol. The first kappa shape index (κ1) is 10.5. The summed E-state index contributed by atoms with van der Waals surface area (Å²) in [6.07, 6.45) is 0.534. The number of hydrogen-bond donors (Lipinski definition) is 1. The Kier molecular flexibility index (Phi) is 3.27. The number of amides is 1. The molecule has 13 heavy (non-hydrogen) atoms. The number of carbonyl (C=O) groups is 1. The number of piperazine rings is 1. The molecule has 0 saturated carbocycles. The molecule has 0 radical (unpaired) electrons. The number of rotatable bonds is 2. The Balaban J connectivity index is 2.67. The van der Waals surface area contributed by atoms with E-state index in [4.69, 9.17) is 5.11 Å². The molecule has 1 heterocycles. The standard InChI is InChI=1S/C9H18N2O2/c1-7-6-10(2)8(4-5-12)9(13)11(7)3/h7-8,12H,4-6H2,1-3H3. The SMILES string of the molecule is CC1CN(C)C(CCO)C(=O)N1C. The summed E-state index contributed by atoms with van der Waals surface area (Å²) in [7, 11) is 3.76. The second-order valence-corrected chi connectivity index (χ2v) is 3.77. The Morgan fingerprint density at radius 2 is 2.15 bits per heavy atom. The van der Waals surface area contributed by atoms with Crippen LogP contribution in [0.3, 0.4) is 0 Å². The molecule has 1 aliphatic rings. The number of carbonyl (C=O) groups excluding carboxylic acids is 1. The Bertz CT molecular complexity index is 196. The summed E-state index contributed by atoms with van der Waals surface area (Å²) < 4.78 is 0. The first-order chi connectivity index (χ1) is 6.07. The molecule has 4 heteroatoms. The maximum Gasteiger partial charge on any atom is 0.240 e. The lowest BCUT2D eigenvalue weighted by atomic mass is 10.1. The summed E-state index contributed by atoms with van der Waals surface area (Å²) in [5, 5.41) is 8.81. The van der Waals surface area contributed by atoms with E-state index in [1.165, 1.54) is 0 Å². The highest BCUT2D eigenvalue weighted by molar-refractivity contribution is 5.82. The fraction of sp³-hybridized carbons (Fsp3) is 0.889. The lowest BCUT2D eigenvalue weighted by Gasteiger charge is -2.41. The van der Waals surface area contributed by atoms with Gasteiger partial charge >= 0.3 is 0 Å². The van der Waals surface area contributed by atoms with Crippen LogP contribution in [0.2, 0.25) is 0 Å². The Morgan fingerprint density at radius 1 is 1.54 bits per heavy atom. The van der Waals surface area contributed by atoms with Crippen molar-refractivity contribution in [1.29, 1.82) is 0 Å². The van der Waals surface area contributed by atoms with Crippen LogP contribution in [0.4, 0.5) is 0 Å². The van der Waals surface area contributed by atoms with Crippen molar-refractivity contribution in [3.8, 4) is 0 Å². The molecule has 2 unspecified atom stereocenters. The first-order valence-corrected chi connectivity index (χ1v) is 4.65. The Hall–Kier alpha value is -0.610. The van der Waals surface area contributed by atoms with Gasteiger partial charge in [-0.3, -0.25) is 9.69 Å². The van der Waals surface area contributed by atoms with E-state index in [1.54, 1.807) is 4.90 Å². The normalized spacial score (nSPS) is 31.1. The highest BCUT2D eigenvalue weighted by Crippen LogP contribution is 2.15. The van der Waals surface area contributed by atoms with Crippen LogP contribution >= 0.6 is 0 Å². The van der Waals surface area contributed by atoms with Crippen molar-refractivity contribution in [3.63, 3.8) is 0 Å². The van der Waals surface area contributed by atoms with Crippen molar-refractivity contribution in [1.82, 2.24) is 9.80 Å². The molecule has 2 atom stereocenters. The van der Waals surface area contributed by atoms with Gasteiger partial charge in [-0.2, -0.15) is 0 Å². The van der Waals surface area contributed by atoms with Crippen LogP contribution < -0.4 is 0 Å². The minimum atomic E-state index is -0.133. The lowest BCUT2D eigenvalue weighted by Crippen LogP contribution is -2.58. The molecule has 1 amide bonds. The molecule has 1 aliphatic heterocycles. The zero-order valence-corrected chi connectivity index (χ0v) is 8.53. The zero-order valence-electron chi connectivity index (χ0n) is 8.53. The van der Waals surface area contributed by atoms with E-state index in [-0.39, 0.29) is 24.6 Å². The molecular formula is C9H18N2O2. The van der Waals surface area contributed by atoms with Gasteiger partial charge in [-0.25, -0.2) is 0 Å². The van der Waals surface area contributed by atoms with Crippen LogP contribution in [0.15, 0.2) is 0 Å². The highest BCUT2D eigenvalue weighted by Gasteiger charge is 2.33. The van der Waals surface area contributed by atoms with E-state index in [0.717, 1.165) is 6.54 Å². The van der Waals surface area contributed by atoms with Crippen LogP contribution in [-0.2, 0) is 4.79 Å². The number of aliphatic hydroxyl groups excluding tert-OH is 1. The predicted octanol–water partition coefficient (Wildman–Crippen LogP) is -0.470. The highest BCUT2D eigenvalue weighted by atomic mass is 16.3. The summed E-state index contributed by atoms with van der Waals surface area (Å²) in [6.45, 7) is 2.99. The lowest BCUT2D eigenvalue weighted by molar-refractivity contribution is -0.143. The summed E-state index contributed by atoms with van der Waals surface area (Å²) >= 11 is 0. The monoisotopic (exact) mass is 186 g/mol. The number of hydrogen-bond acceptors (Lipinski definition) is 3. The molecule has 4 nitrogen and oxygen atoms in total. The summed E-state index contributed by atoms with van der Waals surface area (Å²) in [5.74, 6) is 0.121. The van der Waals surface area contributed by atoms with Gasteiger partial charge in [-0.15, -0.1) is 0 Å². The molecule has 0 aromatic rings. The van der Waals surface area contributed by atoms with E-state index in [2.05, 4.69) is 0 Å². The molecule has 1 fully saturated rings. The van der Waals surface area contributed by atoms with Crippen molar-refractivity contribution in [3.05, 3.63) is 0 Å². The van der Waals surface area contributed by atoms with Gasteiger partial charge in [0, 0.05) is 26.2 Å². The molecule has 76 valence electrons. The summed E-state index contributed by atoms with van der Waals surface area (Å²) in [5.41, 5.74) is 0. The Morgan fingerprint density at radius 3 is 2.69 bits per heavy atom. The summed E-state index contributed by atoms with van der Waals surface area (Å²) in [4.78, 5) is 15.5. The third-order valence-electron chi connectivity index (χ3n) is 2.78. The maximum atomic E-state index is 11.7. The average Bonchev–Trinajstić information content (AvgIpc) is 2.09. The van der Waals surface area contributed by atoms with Gasteiger partial charge in [0.2, 0.25) is 5.91 Å². The number of likely N-dealkylation sites (N-methyl/N-ethyl adjacent to an activating group) is 2. The van der Waals surface area contributed by atoms with E-state index < -0.39 is 0 Å². The third kappa shape index (κ3) is 2.00. The van der Waals surface area contributed by atoms with Gasteiger partial charge < -0.3 is 10.0 Å². The third-order valence-corrected chi connectivity index (χ3v) is 2.78. The predicted molar refractivity (Wildman–Crippen MR) is 50.4 cm³/mol. The van der Waals surface area contributed by atoms with E-state index in [1.807, 2.05) is 25.9 Å². The van der Waals surface area contributed by atoms with Gasteiger partial charge in [-0.05, 0) is 20.4 Å². The second-order valence-electron chi connectivity index (χ2n) is 3.77. The topological polar surface area (TPSA) is 43.8 Å². The minimum Gasteiger partial charge on any atom is -0.396 e. The molecule has 0 spiro atoms. The molecule has 1 saturated heterocycles. The maximum absolute atomic E-state index is 11.7. The van der Waals surface area contributed by atoms with Crippen LogP contribution in [0.5, 0.6) is 0 Å². The fourth-order valence-electron chi connectivity index (χ4n) is 1.77. The summed E-state index contributed by atoms with van der Waals surface area (Å²) in [6, 6.07) is 0.138. The van der Waals surface area contributed by atoms with E-state index in [9.17, 15) is 4.79 Å². The first-order valence-electron chi connectivity index (χ1n) is 4.65. The Labute approximate surface area is 79.1 Å². The van der Waals surface area contributed by atoms with Gasteiger partial charge in [0.15, 0.2) is 0 Å². The smallest absolute Gasteiger partial charge is 0.240 e. The van der Waals surface area contributed by atoms with Crippen LogP contribution in [0.25, 0.3) is 0 Å². The van der Waals surface area contributed by atoms with Gasteiger partial charge in [0.1, 0.15) is 0 Å². The second kappa shape index (κ2) is 4.07. The van der Waals surface area contributed by atoms with Gasteiger partial charge in [0.05, 0.1) is 6.04 Å². The van der Waals surface area contributed by atoms with Crippen LogP contribution in [0, 0.1) is 0 Å². The quantitative estimate of drug-likeness (QED) is 0.634. The molecule has 0 aromatic carbocycles. The number of nitrogens with zero attached hydrogens (tertiary/aromatic N) is 2. The molecule has 0 bridgehead atoms. The molecule has 1 N–H and O–H groups in total. The van der Waals surface area contributed by atoms with Gasteiger partial charge in [-0.1, -0.05) is 0 Å². The fourth-order valence-corrected chi connectivity index (χ4v) is 1.77.